The summed E-state index contributed by atoms with van der Waals surface area (Å²) in [6.07, 6.45) is 0. The van der Waals surface area contributed by atoms with Gasteiger partial charge in [-0.2, -0.15) is 0 Å². The molecule has 11 aromatic rings. The molecule has 11 rings (SSSR count). The summed E-state index contributed by atoms with van der Waals surface area (Å²) in [7, 11) is 0. The van der Waals surface area contributed by atoms with Crippen molar-refractivity contribution in [3.8, 4) is 56.4 Å². The molecule has 3 aromatic heterocycles. The normalized spacial score (nSPS) is 11.7. The molecule has 0 saturated heterocycles. The largest absolute Gasteiger partial charge is 0.455 e. The zero-order valence-electron chi connectivity index (χ0n) is 28.9. The van der Waals surface area contributed by atoms with Gasteiger partial charge in [0.25, 0.3) is 0 Å². The van der Waals surface area contributed by atoms with Crippen molar-refractivity contribution in [2.45, 2.75) is 0 Å². The summed E-state index contributed by atoms with van der Waals surface area (Å²) < 4.78 is 9.06. The Morgan fingerprint density at radius 3 is 1.70 bits per heavy atom. The standard InChI is InChI=1S/C49H29N3OS/c1-3-14-30(15-4-1)32-21-11-24-40-44-37(22-13-26-42(44)53-45(32)40)35-28-29-39(34-19-8-7-18-33(34)35)48-50-47(31-16-5-2-6-17-31)51-49(52-48)41-25-12-23-38-36-20-9-10-27-43(36)54-46(38)41/h1-29H. The lowest BCUT2D eigenvalue weighted by Crippen LogP contribution is -2.01. The Balaban J connectivity index is 1.13. The van der Waals surface area contributed by atoms with Gasteiger partial charge in [0.15, 0.2) is 17.5 Å². The fourth-order valence-corrected chi connectivity index (χ4v) is 9.11. The summed E-state index contributed by atoms with van der Waals surface area (Å²) in [6, 6.07) is 61.4. The van der Waals surface area contributed by atoms with Gasteiger partial charge >= 0.3 is 0 Å². The molecular weight excluding hydrogens is 679 g/mol. The van der Waals surface area contributed by atoms with E-state index in [1.54, 1.807) is 11.3 Å². The van der Waals surface area contributed by atoms with Gasteiger partial charge in [-0.3, -0.25) is 0 Å². The van der Waals surface area contributed by atoms with Crippen LogP contribution in [0.3, 0.4) is 0 Å². The number of hydrogen-bond donors (Lipinski definition) is 0. The summed E-state index contributed by atoms with van der Waals surface area (Å²) in [5.74, 6) is 1.94. The molecule has 0 radical (unpaired) electrons. The monoisotopic (exact) mass is 707 g/mol. The van der Waals surface area contributed by atoms with Crippen LogP contribution in [0.1, 0.15) is 0 Å². The number of rotatable bonds is 5. The van der Waals surface area contributed by atoms with E-state index in [0.717, 1.165) is 71.7 Å². The SMILES string of the molecule is c1ccc(-c2nc(-c3ccc(-c4cccc5oc6c(-c7ccccc7)cccc6c45)c4ccccc34)nc(-c3cccc4c3sc3ccccc34)n2)cc1. The summed E-state index contributed by atoms with van der Waals surface area (Å²) in [6.45, 7) is 0. The van der Waals surface area contributed by atoms with Gasteiger partial charge < -0.3 is 4.42 Å². The van der Waals surface area contributed by atoms with Crippen LogP contribution in [0.2, 0.25) is 0 Å². The van der Waals surface area contributed by atoms with E-state index in [0.29, 0.717) is 17.5 Å². The third kappa shape index (κ3) is 4.86. The van der Waals surface area contributed by atoms with Crippen molar-refractivity contribution in [1.29, 1.82) is 0 Å². The second-order valence-electron chi connectivity index (χ2n) is 13.5. The molecule has 0 aliphatic heterocycles. The van der Waals surface area contributed by atoms with Crippen molar-refractivity contribution >= 4 is 64.2 Å². The highest BCUT2D eigenvalue weighted by Gasteiger charge is 2.21. The minimum absolute atomic E-state index is 0.638. The third-order valence-electron chi connectivity index (χ3n) is 10.4. The Morgan fingerprint density at radius 1 is 0.352 bits per heavy atom. The van der Waals surface area contributed by atoms with Crippen LogP contribution in [0.25, 0.3) is 109 Å². The van der Waals surface area contributed by atoms with E-state index in [2.05, 4.69) is 152 Å². The summed E-state index contributed by atoms with van der Waals surface area (Å²) in [5.41, 5.74) is 9.13. The second kappa shape index (κ2) is 12.3. The lowest BCUT2D eigenvalue weighted by Gasteiger charge is -2.14. The minimum Gasteiger partial charge on any atom is -0.455 e. The zero-order chi connectivity index (χ0) is 35.6. The molecule has 8 aromatic carbocycles. The molecule has 0 spiro atoms. The molecule has 252 valence electrons. The molecule has 0 aliphatic rings. The average molecular weight is 708 g/mol. The smallest absolute Gasteiger partial charge is 0.165 e. The zero-order valence-corrected chi connectivity index (χ0v) is 29.7. The molecule has 0 fully saturated rings. The fourth-order valence-electron chi connectivity index (χ4n) is 7.90. The van der Waals surface area contributed by atoms with Crippen LogP contribution >= 0.6 is 11.3 Å². The first-order chi connectivity index (χ1) is 26.8. The van der Waals surface area contributed by atoms with Gasteiger partial charge in [-0.25, -0.2) is 15.0 Å². The maximum atomic E-state index is 6.64. The molecule has 5 heteroatoms. The van der Waals surface area contributed by atoms with Gasteiger partial charge in [-0.05, 0) is 51.7 Å². The van der Waals surface area contributed by atoms with Gasteiger partial charge in [-0.15, -0.1) is 11.3 Å². The van der Waals surface area contributed by atoms with Gasteiger partial charge in [0.05, 0.1) is 0 Å². The van der Waals surface area contributed by atoms with E-state index in [9.17, 15) is 0 Å². The average Bonchev–Trinajstić information content (AvgIpc) is 3.83. The number of fused-ring (bicyclic) bond motifs is 7. The van der Waals surface area contributed by atoms with Gasteiger partial charge in [0.1, 0.15) is 11.2 Å². The number of para-hydroxylation sites is 1. The summed E-state index contributed by atoms with van der Waals surface area (Å²) in [5, 5.41) is 6.85. The molecule has 54 heavy (non-hydrogen) atoms. The molecule has 4 nitrogen and oxygen atoms in total. The first-order valence-electron chi connectivity index (χ1n) is 18.0. The van der Waals surface area contributed by atoms with Crippen molar-refractivity contribution in [3.63, 3.8) is 0 Å². The van der Waals surface area contributed by atoms with Crippen molar-refractivity contribution in [3.05, 3.63) is 176 Å². The highest BCUT2D eigenvalue weighted by molar-refractivity contribution is 7.26. The number of furan rings is 1. The van der Waals surface area contributed by atoms with Gasteiger partial charge in [0, 0.05) is 53.2 Å². The van der Waals surface area contributed by atoms with Crippen LogP contribution in [-0.4, -0.2) is 15.0 Å². The van der Waals surface area contributed by atoms with Crippen molar-refractivity contribution in [1.82, 2.24) is 15.0 Å². The molecule has 0 saturated carbocycles. The minimum atomic E-state index is 0.638. The Morgan fingerprint density at radius 2 is 0.907 bits per heavy atom. The molecule has 3 heterocycles. The molecule has 0 aliphatic carbocycles. The lowest BCUT2D eigenvalue weighted by molar-refractivity contribution is 0.670. The van der Waals surface area contributed by atoms with E-state index >= 15 is 0 Å². The van der Waals surface area contributed by atoms with Crippen LogP contribution < -0.4 is 0 Å². The van der Waals surface area contributed by atoms with E-state index in [1.165, 1.54) is 20.2 Å². The molecule has 0 N–H and O–H groups in total. The van der Waals surface area contributed by atoms with Crippen molar-refractivity contribution in [2.75, 3.05) is 0 Å². The quantitative estimate of drug-likeness (QED) is 0.179. The molecule has 0 atom stereocenters. The Kier molecular flexibility index (Phi) is 7.00. The topological polar surface area (TPSA) is 51.8 Å². The van der Waals surface area contributed by atoms with Gasteiger partial charge in [-0.1, -0.05) is 152 Å². The molecule has 0 bridgehead atoms. The fraction of sp³-hybridized carbons (Fsp3) is 0. The Labute approximate surface area is 314 Å². The van der Waals surface area contributed by atoms with Gasteiger partial charge in [0.2, 0.25) is 0 Å². The van der Waals surface area contributed by atoms with Crippen molar-refractivity contribution < 1.29 is 4.42 Å². The maximum absolute atomic E-state index is 6.64. The van der Waals surface area contributed by atoms with Crippen LogP contribution in [0.4, 0.5) is 0 Å². The highest BCUT2D eigenvalue weighted by atomic mass is 32.1. The van der Waals surface area contributed by atoms with E-state index < -0.39 is 0 Å². The predicted octanol–water partition coefficient (Wildman–Crippen LogP) is 13.6. The first kappa shape index (κ1) is 30.7. The van der Waals surface area contributed by atoms with Crippen LogP contribution in [0, 0.1) is 0 Å². The predicted molar refractivity (Wildman–Crippen MR) is 225 cm³/mol. The Bertz CT molecular complexity index is 3220. The lowest BCUT2D eigenvalue weighted by atomic mass is 9.92. The first-order valence-corrected chi connectivity index (χ1v) is 18.8. The van der Waals surface area contributed by atoms with Crippen LogP contribution in [0.5, 0.6) is 0 Å². The van der Waals surface area contributed by atoms with Crippen LogP contribution in [0.15, 0.2) is 180 Å². The number of nitrogens with zero attached hydrogens (tertiary/aromatic N) is 3. The van der Waals surface area contributed by atoms with E-state index in [4.69, 9.17) is 19.4 Å². The molecular formula is C49H29N3OS. The highest BCUT2D eigenvalue weighted by Crippen LogP contribution is 2.44. The summed E-state index contributed by atoms with van der Waals surface area (Å²) in [4.78, 5) is 15.5. The third-order valence-corrected chi connectivity index (χ3v) is 11.6. The molecule has 0 amide bonds. The van der Waals surface area contributed by atoms with E-state index in [1.807, 2.05) is 24.3 Å². The molecule has 0 unspecified atom stereocenters. The Hall–Kier alpha value is -6.95. The number of benzene rings is 8. The number of aromatic nitrogens is 3. The van der Waals surface area contributed by atoms with E-state index in [-0.39, 0.29) is 0 Å². The number of hydrogen-bond acceptors (Lipinski definition) is 5. The van der Waals surface area contributed by atoms with Crippen LogP contribution in [-0.2, 0) is 0 Å². The second-order valence-corrected chi connectivity index (χ2v) is 14.5. The maximum Gasteiger partial charge on any atom is 0.165 e. The van der Waals surface area contributed by atoms with Crippen molar-refractivity contribution in [2.24, 2.45) is 0 Å². The summed E-state index contributed by atoms with van der Waals surface area (Å²) >= 11 is 1.78. The number of thiophene rings is 1.